The maximum Gasteiger partial charge on any atom is 0.287 e. The van der Waals surface area contributed by atoms with Crippen molar-refractivity contribution in [3.63, 3.8) is 0 Å². The molecule has 1 aromatic rings. The molecule has 0 bridgehead atoms. The third-order valence-electron chi connectivity index (χ3n) is 2.70. The van der Waals surface area contributed by atoms with Gasteiger partial charge in [0.25, 0.3) is 15.0 Å². The van der Waals surface area contributed by atoms with Crippen molar-refractivity contribution in [2.45, 2.75) is 23.8 Å². The fourth-order valence-electron chi connectivity index (χ4n) is 1.73. The van der Waals surface area contributed by atoms with E-state index in [-0.39, 0.29) is 21.4 Å². The number of rotatable bonds is 3. The Kier molecular flexibility index (Phi) is 4.54. The van der Waals surface area contributed by atoms with Gasteiger partial charge in [0.1, 0.15) is 4.90 Å². The number of hydrogen-bond acceptors (Lipinski definition) is 5. The molecule has 0 unspecified atom stereocenters. The van der Waals surface area contributed by atoms with E-state index in [1.165, 1.54) is 0 Å². The number of amides is 1. The molecule has 2 heterocycles. The highest BCUT2D eigenvalue weighted by Crippen LogP contribution is 2.28. The maximum absolute atomic E-state index is 11.9. The van der Waals surface area contributed by atoms with Crippen LogP contribution in [-0.4, -0.2) is 33.6 Å². The van der Waals surface area contributed by atoms with Crippen LogP contribution in [0, 0.1) is 0 Å². The number of ether oxygens (including phenoxy) is 1. The van der Waals surface area contributed by atoms with Gasteiger partial charge in [0, 0.05) is 36.0 Å². The average Bonchev–Trinajstić information content (AvgIpc) is 2.72. The van der Waals surface area contributed by atoms with Gasteiger partial charge in [-0.25, -0.2) is 8.42 Å². The highest BCUT2D eigenvalue weighted by Gasteiger charge is 2.25. The molecule has 106 valence electrons. The second kappa shape index (κ2) is 5.82. The summed E-state index contributed by atoms with van der Waals surface area (Å²) in [6.07, 6.45) is 1.43. The summed E-state index contributed by atoms with van der Waals surface area (Å²) < 4.78 is 32.6. The Morgan fingerprint density at radius 1 is 1.42 bits per heavy atom. The summed E-state index contributed by atoms with van der Waals surface area (Å²) >= 11 is 2.92. The summed E-state index contributed by atoms with van der Waals surface area (Å²) in [6, 6.07) is 1.10. The number of halogens is 2. The van der Waals surface area contributed by atoms with Gasteiger partial charge in [-0.15, -0.1) is 0 Å². The molecule has 9 heteroatoms. The summed E-state index contributed by atoms with van der Waals surface area (Å²) in [7, 11) is 1.26. The molecule has 1 fully saturated rings. The summed E-state index contributed by atoms with van der Waals surface area (Å²) in [5.41, 5.74) is 0. The Balaban J connectivity index is 2.11. The molecular formula is C10H11BrClNO5S. The topological polar surface area (TPSA) is 85.6 Å². The number of carbonyl (C=O) groups is 1. The first-order valence-electron chi connectivity index (χ1n) is 5.50. The van der Waals surface area contributed by atoms with Crippen LogP contribution in [0.2, 0.25) is 0 Å². The average molecular weight is 373 g/mol. The van der Waals surface area contributed by atoms with Crippen molar-refractivity contribution in [3.8, 4) is 0 Å². The van der Waals surface area contributed by atoms with Gasteiger partial charge in [-0.05, 0) is 28.8 Å². The van der Waals surface area contributed by atoms with E-state index in [4.69, 9.17) is 19.8 Å². The quantitative estimate of drug-likeness (QED) is 0.819. The lowest BCUT2D eigenvalue weighted by atomic mass is 10.1. The predicted octanol–water partition coefficient (Wildman–Crippen LogP) is 1.88. The molecular weight excluding hydrogens is 362 g/mol. The summed E-state index contributed by atoms with van der Waals surface area (Å²) in [5.74, 6) is -0.572. The Morgan fingerprint density at radius 3 is 2.58 bits per heavy atom. The van der Waals surface area contributed by atoms with Gasteiger partial charge < -0.3 is 14.5 Å². The fourth-order valence-corrected chi connectivity index (χ4v) is 3.76. The first kappa shape index (κ1) is 14.8. The minimum Gasteiger partial charge on any atom is -0.443 e. The van der Waals surface area contributed by atoms with Crippen LogP contribution in [0.1, 0.15) is 23.4 Å². The van der Waals surface area contributed by atoms with E-state index in [9.17, 15) is 13.2 Å². The molecule has 1 aliphatic rings. The molecule has 1 aliphatic heterocycles. The second-order valence-electron chi connectivity index (χ2n) is 4.05. The lowest BCUT2D eigenvalue weighted by Gasteiger charge is -2.22. The van der Waals surface area contributed by atoms with Crippen LogP contribution in [0.15, 0.2) is 20.0 Å². The minimum absolute atomic E-state index is 0.00110. The highest BCUT2D eigenvalue weighted by molar-refractivity contribution is 9.10. The van der Waals surface area contributed by atoms with Crippen LogP contribution >= 0.6 is 26.6 Å². The normalized spacial score (nSPS) is 17.4. The zero-order valence-corrected chi connectivity index (χ0v) is 12.8. The van der Waals surface area contributed by atoms with Crippen molar-refractivity contribution in [1.29, 1.82) is 0 Å². The van der Waals surface area contributed by atoms with E-state index in [1.807, 2.05) is 0 Å². The Labute approximate surface area is 123 Å². The SMILES string of the molecule is O=C(NC1CCOCC1)c1cc(S(=O)(=O)Cl)c(Br)o1. The van der Waals surface area contributed by atoms with Gasteiger partial charge in [-0.1, -0.05) is 0 Å². The molecule has 19 heavy (non-hydrogen) atoms. The molecule has 0 spiro atoms. The molecule has 0 saturated carbocycles. The number of nitrogens with one attached hydrogen (secondary N) is 1. The Bertz CT molecular complexity index is 579. The summed E-state index contributed by atoms with van der Waals surface area (Å²) in [5, 5.41) is 2.76. The van der Waals surface area contributed by atoms with Crippen LogP contribution < -0.4 is 5.32 Å². The van der Waals surface area contributed by atoms with E-state index in [0.29, 0.717) is 26.1 Å². The highest BCUT2D eigenvalue weighted by atomic mass is 79.9. The van der Waals surface area contributed by atoms with E-state index >= 15 is 0 Å². The lowest BCUT2D eigenvalue weighted by Crippen LogP contribution is -2.38. The van der Waals surface area contributed by atoms with Crippen molar-refractivity contribution >= 4 is 41.6 Å². The molecule has 0 aromatic carbocycles. The van der Waals surface area contributed by atoms with Gasteiger partial charge in [-0.2, -0.15) is 0 Å². The smallest absolute Gasteiger partial charge is 0.287 e. The van der Waals surface area contributed by atoms with E-state index in [1.54, 1.807) is 0 Å². The van der Waals surface area contributed by atoms with Gasteiger partial charge >= 0.3 is 0 Å². The van der Waals surface area contributed by atoms with Gasteiger partial charge in [0.05, 0.1) is 0 Å². The molecule has 2 rings (SSSR count). The largest absolute Gasteiger partial charge is 0.443 e. The first-order valence-corrected chi connectivity index (χ1v) is 8.61. The lowest BCUT2D eigenvalue weighted by molar-refractivity contribution is 0.0683. The standard InChI is InChI=1S/C10H11BrClNO5S/c11-9-8(19(12,15)16)5-7(18-9)10(14)13-6-1-3-17-4-2-6/h5-6H,1-4H2,(H,13,14). The third-order valence-corrected chi connectivity index (χ3v) is 4.88. The Morgan fingerprint density at radius 2 is 2.05 bits per heavy atom. The first-order chi connectivity index (χ1) is 8.88. The summed E-state index contributed by atoms with van der Waals surface area (Å²) in [6.45, 7) is 1.18. The van der Waals surface area contributed by atoms with Crippen LogP contribution in [0.25, 0.3) is 0 Å². The molecule has 1 amide bonds. The number of furan rings is 1. The van der Waals surface area contributed by atoms with Crippen molar-refractivity contribution in [2.24, 2.45) is 0 Å². The van der Waals surface area contributed by atoms with Gasteiger partial charge in [0.2, 0.25) is 0 Å². The Hall–Kier alpha value is -0.570. The maximum atomic E-state index is 11.9. The van der Waals surface area contributed by atoms with Crippen LogP contribution in [-0.2, 0) is 13.8 Å². The van der Waals surface area contributed by atoms with Crippen LogP contribution in [0.4, 0.5) is 0 Å². The predicted molar refractivity (Wildman–Crippen MR) is 70.8 cm³/mol. The summed E-state index contributed by atoms with van der Waals surface area (Å²) in [4.78, 5) is 11.6. The van der Waals surface area contributed by atoms with Gasteiger partial charge in [0.15, 0.2) is 10.4 Å². The van der Waals surface area contributed by atoms with E-state index in [2.05, 4.69) is 21.2 Å². The molecule has 0 aliphatic carbocycles. The zero-order chi connectivity index (χ0) is 14.0. The fraction of sp³-hybridized carbons (Fsp3) is 0.500. The molecule has 6 nitrogen and oxygen atoms in total. The minimum atomic E-state index is -3.95. The van der Waals surface area contributed by atoms with Crippen LogP contribution in [0.5, 0.6) is 0 Å². The van der Waals surface area contributed by atoms with E-state index < -0.39 is 15.0 Å². The third kappa shape index (κ3) is 3.71. The molecule has 0 atom stereocenters. The second-order valence-corrected chi connectivity index (χ2v) is 7.30. The number of hydrogen-bond donors (Lipinski definition) is 1. The van der Waals surface area contributed by atoms with Gasteiger partial charge in [-0.3, -0.25) is 4.79 Å². The van der Waals surface area contributed by atoms with Crippen molar-refractivity contribution in [1.82, 2.24) is 5.32 Å². The monoisotopic (exact) mass is 371 g/mol. The molecule has 1 N–H and O–H groups in total. The molecule has 1 aromatic heterocycles. The zero-order valence-electron chi connectivity index (χ0n) is 9.69. The van der Waals surface area contributed by atoms with Crippen molar-refractivity contribution < 1.29 is 22.4 Å². The number of carbonyl (C=O) groups excluding carboxylic acids is 1. The van der Waals surface area contributed by atoms with Crippen LogP contribution in [0.3, 0.4) is 0 Å². The molecule has 0 radical (unpaired) electrons. The van der Waals surface area contributed by atoms with Crippen molar-refractivity contribution in [3.05, 3.63) is 16.5 Å². The molecule has 1 saturated heterocycles. The van der Waals surface area contributed by atoms with E-state index in [0.717, 1.165) is 6.07 Å². The van der Waals surface area contributed by atoms with Crippen molar-refractivity contribution in [2.75, 3.05) is 13.2 Å².